The number of hydrogen-bond donors (Lipinski definition) is 1. The second-order valence-corrected chi connectivity index (χ2v) is 8.10. The lowest BCUT2D eigenvalue weighted by molar-refractivity contribution is -0.134. The van der Waals surface area contributed by atoms with Crippen molar-refractivity contribution in [3.05, 3.63) is 53.6 Å². The second kappa shape index (κ2) is 12.7. The summed E-state index contributed by atoms with van der Waals surface area (Å²) in [7, 11) is 0. The van der Waals surface area contributed by atoms with Gasteiger partial charge in [-0.1, -0.05) is 12.1 Å². The van der Waals surface area contributed by atoms with Crippen molar-refractivity contribution < 1.29 is 23.8 Å². The highest BCUT2D eigenvalue weighted by atomic mass is 16.5. The van der Waals surface area contributed by atoms with Gasteiger partial charge in [0.25, 0.3) is 11.8 Å². The van der Waals surface area contributed by atoms with Crippen molar-refractivity contribution in [2.45, 2.75) is 39.5 Å². The molecule has 7 nitrogen and oxygen atoms in total. The van der Waals surface area contributed by atoms with E-state index in [4.69, 9.17) is 14.2 Å². The lowest BCUT2D eigenvalue weighted by atomic mass is 10.1. The lowest BCUT2D eigenvalue weighted by Gasteiger charge is -2.26. The maximum Gasteiger partial charge on any atom is 0.260 e. The van der Waals surface area contributed by atoms with E-state index in [9.17, 15) is 9.59 Å². The lowest BCUT2D eigenvalue weighted by Crippen LogP contribution is -2.38. The van der Waals surface area contributed by atoms with Crippen LogP contribution in [0.4, 0.5) is 0 Å². The van der Waals surface area contributed by atoms with Gasteiger partial charge < -0.3 is 24.4 Å². The molecule has 0 radical (unpaired) electrons. The zero-order chi connectivity index (χ0) is 23.5. The van der Waals surface area contributed by atoms with Gasteiger partial charge in [0.1, 0.15) is 5.75 Å². The fourth-order valence-electron chi connectivity index (χ4n) is 3.68. The molecule has 178 valence electrons. The first kappa shape index (κ1) is 24.4. The number of nitrogens with one attached hydrogen (secondary N) is 1. The molecule has 1 fully saturated rings. The van der Waals surface area contributed by atoms with Crippen molar-refractivity contribution in [1.29, 1.82) is 0 Å². The Morgan fingerprint density at radius 1 is 0.970 bits per heavy atom. The van der Waals surface area contributed by atoms with E-state index in [-0.39, 0.29) is 18.4 Å². The molecule has 0 bridgehead atoms. The van der Waals surface area contributed by atoms with Gasteiger partial charge in [0.15, 0.2) is 18.1 Å². The Hall–Kier alpha value is -3.22. The number of carbonyl (C=O) groups excluding carboxylic acids is 2. The maximum absolute atomic E-state index is 12.6. The standard InChI is InChI=1S/C26H34N2O5/c1-3-31-24-18-21(11-12-23(24)33-19-25(29)28-14-5-4-6-15-28)26(30)27-13-8-16-32-22-10-7-9-20(2)17-22/h7,9-12,17-18H,3-6,8,13-16,19H2,1-2H3,(H,27,30). The fourth-order valence-corrected chi connectivity index (χ4v) is 3.68. The van der Waals surface area contributed by atoms with Crippen molar-refractivity contribution >= 4 is 11.8 Å². The molecule has 0 aromatic heterocycles. The molecule has 1 aliphatic heterocycles. The summed E-state index contributed by atoms with van der Waals surface area (Å²) in [6.07, 6.45) is 3.94. The smallest absolute Gasteiger partial charge is 0.260 e. The maximum atomic E-state index is 12.6. The monoisotopic (exact) mass is 454 g/mol. The molecular weight excluding hydrogens is 420 g/mol. The highest BCUT2D eigenvalue weighted by Crippen LogP contribution is 2.28. The minimum absolute atomic E-state index is 0.0214. The van der Waals surface area contributed by atoms with Gasteiger partial charge in [0, 0.05) is 25.2 Å². The first-order valence-electron chi connectivity index (χ1n) is 11.7. The van der Waals surface area contributed by atoms with E-state index in [1.54, 1.807) is 18.2 Å². The van der Waals surface area contributed by atoms with Gasteiger partial charge in [-0.25, -0.2) is 0 Å². The van der Waals surface area contributed by atoms with Crippen LogP contribution in [0.1, 0.15) is 48.5 Å². The number of hydrogen-bond acceptors (Lipinski definition) is 5. The van der Waals surface area contributed by atoms with Gasteiger partial charge in [-0.3, -0.25) is 9.59 Å². The third kappa shape index (κ3) is 7.70. The summed E-state index contributed by atoms with van der Waals surface area (Å²) in [6.45, 7) is 6.87. The van der Waals surface area contributed by atoms with E-state index in [0.717, 1.165) is 37.2 Å². The minimum atomic E-state index is -0.192. The van der Waals surface area contributed by atoms with Gasteiger partial charge >= 0.3 is 0 Å². The van der Waals surface area contributed by atoms with Crippen LogP contribution < -0.4 is 19.5 Å². The van der Waals surface area contributed by atoms with Gasteiger partial charge in [-0.15, -0.1) is 0 Å². The molecule has 1 heterocycles. The van der Waals surface area contributed by atoms with Gasteiger partial charge in [0.05, 0.1) is 13.2 Å². The Bertz CT molecular complexity index is 925. The van der Waals surface area contributed by atoms with Crippen molar-refractivity contribution in [3.63, 3.8) is 0 Å². The molecule has 2 amide bonds. The molecule has 0 saturated carbocycles. The largest absolute Gasteiger partial charge is 0.494 e. The first-order chi connectivity index (χ1) is 16.1. The predicted molar refractivity (Wildman–Crippen MR) is 127 cm³/mol. The second-order valence-electron chi connectivity index (χ2n) is 8.10. The molecule has 1 N–H and O–H groups in total. The van der Waals surface area contributed by atoms with Crippen LogP contribution in [0.25, 0.3) is 0 Å². The summed E-state index contributed by atoms with van der Waals surface area (Å²) in [5.74, 6) is 1.54. The Kier molecular flexibility index (Phi) is 9.42. The van der Waals surface area contributed by atoms with E-state index in [2.05, 4.69) is 5.32 Å². The molecule has 1 saturated heterocycles. The highest BCUT2D eigenvalue weighted by molar-refractivity contribution is 5.94. The van der Waals surface area contributed by atoms with Crippen LogP contribution in [0.5, 0.6) is 17.2 Å². The molecule has 1 aliphatic rings. The average molecular weight is 455 g/mol. The van der Waals surface area contributed by atoms with Crippen LogP contribution in [0, 0.1) is 6.92 Å². The van der Waals surface area contributed by atoms with Crippen molar-refractivity contribution in [3.8, 4) is 17.2 Å². The van der Waals surface area contributed by atoms with Crippen molar-refractivity contribution in [2.24, 2.45) is 0 Å². The zero-order valence-electron chi connectivity index (χ0n) is 19.6. The fraction of sp³-hybridized carbons (Fsp3) is 0.462. The number of nitrogens with zero attached hydrogens (tertiary/aromatic N) is 1. The number of likely N-dealkylation sites (tertiary alicyclic amines) is 1. The van der Waals surface area contributed by atoms with Crippen molar-refractivity contribution in [1.82, 2.24) is 10.2 Å². The molecule has 3 rings (SSSR count). The molecule has 0 unspecified atom stereocenters. The molecule has 0 spiro atoms. The number of ether oxygens (including phenoxy) is 3. The van der Waals surface area contributed by atoms with Crippen LogP contribution in [0.2, 0.25) is 0 Å². The van der Waals surface area contributed by atoms with Crippen LogP contribution in [0.15, 0.2) is 42.5 Å². The zero-order valence-corrected chi connectivity index (χ0v) is 19.6. The summed E-state index contributed by atoms with van der Waals surface area (Å²) < 4.78 is 17.1. The quantitative estimate of drug-likeness (QED) is 0.520. The van der Waals surface area contributed by atoms with Crippen LogP contribution in [-0.2, 0) is 4.79 Å². The first-order valence-corrected chi connectivity index (χ1v) is 11.7. The van der Waals surface area contributed by atoms with E-state index in [1.165, 1.54) is 6.42 Å². The number of rotatable bonds is 11. The SMILES string of the molecule is CCOc1cc(C(=O)NCCCOc2cccc(C)c2)ccc1OCC(=O)N1CCCCC1. The summed E-state index contributed by atoms with van der Waals surface area (Å²) in [6, 6.07) is 12.9. The van der Waals surface area contributed by atoms with E-state index >= 15 is 0 Å². The van der Waals surface area contributed by atoms with E-state index in [1.807, 2.05) is 43.0 Å². The molecule has 2 aromatic carbocycles. The predicted octanol–water partition coefficient (Wildman–Crippen LogP) is 3.98. The third-order valence-corrected chi connectivity index (χ3v) is 5.43. The number of piperidine rings is 1. The Balaban J connectivity index is 1.47. The summed E-state index contributed by atoms with van der Waals surface area (Å²) in [4.78, 5) is 26.8. The van der Waals surface area contributed by atoms with Gasteiger partial charge in [-0.2, -0.15) is 0 Å². The molecule has 7 heteroatoms. The number of benzene rings is 2. The molecule has 33 heavy (non-hydrogen) atoms. The average Bonchev–Trinajstić information content (AvgIpc) is 2.83. The molecule has 2 aromatic rings. The number of carbonyl (C=O) groups is 2. The van der Waals surface area contributed by atoms with Crippen LogP contribution >= 0.6 is 0 Å². The topological polar surface area (TPSA) is 77.1 Å². The minimum Gasteiger partial charge on any atom is -0.494 e. The third-order valence-electron chi connectivity index (χ3n) is 5.43. The molecule has 0 atom stereocenters. The normalized spacial score (nSPS) is 13.3. The van der Waals surface area contributed by atoms with Crippen molar-refractivity contribution in [2.75, 3.05) is 39.5 Å². The highest BCUT2D eigenvalue weighted by Gasteiger charge is 2.18. The van der Waals surface area contributed by atoms with E-state index in [0.29, 0.717) is 43.2 Å². The molecular formula is C26H34N2O5. The van der Waals surface area contributed by atoms with Gasteiger partial charge in [-0.05, 0) is 75.4 Å². The molecule has 0 aliphatic carbocycles. The van der Waals surface area contributed by atoms with Crippen LogP contribution in [0.3, 0.4) is 0 Å². The number of aryl methyl sites for hydroxylation is 1. The summed E-state index contributed by atoms with van der Waals surface area (Å²) in [5, 5.41) is 2.90. The summed E-state index contributed by atoms with van der Waals surface area (Å²) in [5.41, 5.74) is 1.63. The summed E-state index contributed by atoms with van der Waals surface area (Å²) >= 11 is 0. The Morgan fingerprint density at radius 3 is 2.55 bits per heavy atom. The Labute approximate surface area is 196 Å². The van der Waals surface area contributed by atoms with Crippen LogP contribution in [-0.4, -0.2) is 56.2 Å². The van der Waals surface area contributed by atoms with E-state index < -0.39 is 0 Å². The Morgan fingerprint density at radius 2 is 1.79 bits per heavy atom. The van der Waals surface area contributed by atoms with Gasteiger partial charge in [0.2, 0.25) is 0 Å². The number of amides is 2.